The SMILES string of the molecule is CC(C)(CON)c1ccc2[nH]ccc2c1. The van der Waals surface area contributed by atoms with Crippen LogP contribution in [-0.2, 0) is 10.3 Å². The van der Waals surface area contributed by atoms with E-state index >= 15 is 0 Å². The number of hydrogen-bond acceptors (Lipinski definition) is 2. The highest BCUT2D eigenvalue weighted by Gasteiger charge is 2.20. The molecular formula is C12H16N2O. The van der Waals surface area contributed by atoms with Crippen molar-refractivity contribution in [3.8, 4) is 0 Å². The monoisotopic (exact) mass is 204 g/mol. The Hall–Kier alpha value is -1.32. The summed E-state index contributed by atoms with van der Waals surface area (Å²) in [4.78, 5) is 7.92. The predicted octanol–water partition coefficient (Wildman–Crippen LogP) is 2.34. The van der Waals surface area contributed by atoms with Crippen LogP contribution in [0.15, 0.2) is 30.5 Å². The van der Waals surface area contributed by atoms with Crippen molar-refractivity contribution in [2.45, 2.75) is 19.3 Å². The van der Waals surface area contributed by atoms with Crippen molar-refractivity contribution in [3.63, 3.8) is 0 Å². The van der Waals surface area contributed by atoms with Crippen LogP contribution in [0.2, 0.25) is 0 Å². The zero-order chi connectivity index (χ0) is 10.9. The Labute approximate surface area is 89.2 Å². The molecule has 2 aromatic rings. The minimum absolute atomic E-state index is 0.0553. The van der Waals surface area contributed by atoms with E-state index in [0.29, 0.717) is 6.61 Å². The van der Waals surface area contributed by atoms with Gasteiger partial charge in [-0.1, -0.05) is 19.9 Å². The standard InChI is InChI=1S/C12H16N2O/c1-12(2,8-15-13)10-3-4-11-9(7-10)5-6-14-11/h3-7,14H,8,13H2,1-2H3. The normalized spacial score (nSPS) is 12.2. The summed E-state index contributed by atoms with van der Waals surface area (Å²) < 4.78 is 0. The quantitative estimate of drug-likeness (QED) is 0.754. The molecule has 0 radical (unpaired) electrons. The lowest BCUT2D eigenvalue weighted by molar-refractivity contribution is 0.0965. The predicted molar refractivity (Wildman–Crippen MR) is 61.5 cm³/mol. The molecule has 3 heteroatoms. The van der Waals surface area contributed by atoms with Crippen molar-refractivity contribution in [2.24, 2.45) is 5.90 Å². The minimum Gasteiger partial charge on any atom is -0.361 e. The van der Waals surface area contributed by atoms with Gasteiger partial charge in [-0.15, -0.1) is 0 Å². The molecule has 0 amide bonds. The number of hydrogen-bond donors (Lipinski definition) is 2. The van der Waals surface area contributed by atoms with Crippen LogP contribution in [0.1, 0.15) is 19.4 Å². The van der Waals surface area contributed by atoms with Gasteiger partial charge in [0.15, 0.2) is 0 Å². The second kappa shape index (κ2) is 3.68. The van der Waals surface area contributed by atoms with Gasteiger partial charge >= 0.3 is 0 Å². The van der Waals surface area contributed by atoms with Crippen LogP contribution in [0.25, 0.3) is 10.9 Å². The molecule has 1 aromatic heterocycles. The first kappa shape index (κ1) is 10.2. The Morgan fingerprint density at radius 2 is 2.13 bits per heavy atom. The van der Waals surface area contributed by atoms with E-state index < -0.39 is 0 Å². The Balaban J connectivity index is 2.42. The maximum Gasteiger partial charge on any atom is 0.0770 e. The molecule has 80 valence electrons. The summed E-state index contributed by atoms with van der Waals surface area (Å²) in [6, 6.07) is 8.43. The smallest absolute Gasteiger partial charge is 0.0770 e. The lowest BCUT2D eigenvalue weighted by atomic mass is 9.85. The van der Waals surface area contributed by atoms with Gasteiger partial charge in [0.25, 0.3) is 0 Å². The summed E-state index contributed by atoms with van der Waals surface area (Å²) in [7, 11) is 0. The van der Waals surface area contributed by atoms with E-state index in [2.05, 4.69) is 43.1 Å². The Kier molecular flexibility index (Phi) is 2.50. The van der Waals surface area contributed by atoms with Crippen molar-refractivity contribution in [1.29, 1.82) is 0 Å². The number of benzene rings is 1. The summed E-state index contributed by atoms with van der Waals surface area (Å²) in [6.45, 7) is 4.75. The van der Waals surface area contributed by atoms with Crippen molar-refractivity contribution < 1.29 is 4.84 Å². The van der Waals surface area contributed by atoms with Crippen LogP contribution in [0.3, 0.4) is 0 Å². The third kappa shape index (κ3) is 1.89. The first-order valence-corrected chi connectivity index (χ1v) is 5.03. The first-order valence-electron chi connectivity index (χ1n) is 5.03. The summed E-state index contributed by atoms with van der Waals surface area (Å²) in [5.74, 6) is 5.14. The summed E-state index contributed by atoms with van der Waals surface area (Å²) in [5.41, 5.74) is 2.34. The molecule has 0 aliphatic rings. The van der Waals surface area contributed by atoms with E-state index in [9.17, 15) is 0 Å². The van der Waals surface area contributed by atoms with E-state index in [4.69, 9.17) is 10.7 Å². The highest BCUT2D eigenvalue weighted by Crippen LogP contribution is 2.26. The van der Waals surface area contributed by atoms with E-state index in [1.54, 1.807) is 0 Å². The van der Waals surface area contributed by atoms with Gasteiger partial charge < -0.3 is 9.82 Å². The van der Waals surface area contributed by atoms with Gasteiger partial charge in [-0.2, -0.15) is 0 Å². The van der Waals surface area contributed by atoms with Gasteiger partial charge in [0.2, 0.25) is 0 Å². The van der Waals surface area contributed by atoms with Gasteiger partial charge in [0, 0.05) is 17.1 Å². The van der Waals surface area contributed by atoms with E-state index in [0.717, 1.165) is 5.52 Å². The molecule has 0 aliphatic carbocycles. The highest BCUT2D eigenvalue weighted by atomic mass is 16.6. The van der Waals surface area contributed by atoms with Crippen LogP contribution in [0, 0.1) is 0 Å². The van der Waals surface area contributed by atoms with Crippen LogP contribution in [0.4, 0.5) is 0 Å². The lowest BCUT2D eigenvalue weighted by Gasteiger charge is -2.23. The zero-order valence-corrected chi connectivity index (χ0v) is 9.08. The third-order valence-electron chi connectivity index (χ3n) is 2.78. The van der Waals surface area contributed by atoms with Gasteiger partial charge in [0.1, 0.15) is 0 Å². The molecule has 0 spiro atoms. The fraction of sp³-hybridized carbons (Fsp3) is 0.333. The third-order valence-corrected chi connectivity index (χ3v) is 2.78. The molecular weight excluding hydrogens is 188 g/mol. The number of aromatic nitrogens is 1. The summed E-state index contributed by atoms with van der Waals surface area (Å²) in [5, 5.41) is 1.22. The number of H-pyrrole nitrogens is 1. The van der Waals surface area contributed by atoms with E-state index in [1.165, 1.54) is 10.9 Å². The Morgan fingerprint density at radius 1 is 1.33 bits per heavy atom. The van der Waals surface area contributed by atoms with Crippen LogP contribution >= 0.6 is 0 Å². The number of aromatic amines is 1. The topological polar surface area (TPSA) is 51.0 Å². The summed E-state index contributed by atoms with van der Waals surface area (Å²) >= 11 is 0. The number of nitrogens with one attached hydrogen (secondary N) is 1. The van der Waals surface area contributed by atoms with Crippen LogP contribution < -0.4 is 5.90 Å². The second-order valence-electron chi connectivity index (χ2n) is 4.47. The number of nitrogens with two attached hydrogens (primary N) is 1. The van der Waals surface area contributed by atoms with Crippen molar-refractivity contribution in [2.75, 3.05) is 6.61 Å². The molecule has 0 aliphatic heterocycles. The second-order valence-corrected chi connectivity index (χ2v) is 4.47. The number of rotatable bonds is 3. The molecule has 0 bridgehead atoms. The number of fused-ring (bicyclic) bond motifs is 1. The molecule has 0 unspecified atom stereocenters. The largest absolute Gasteiger partial charge is 0.361 e. The first-order chi connectivity index (χ1) is 7.13. The molecule has 2 rings (SSSR count). The molecule has 1 aromatic carbocycles. The maximum absolute atomic E-state index is 5.14. The zero-order valence-electron chi connectivity index (χ0n) is 9.08. The Morgan fingerprint density at radius 3 is 2.87 bits per heavy atom. The average molecular weight is 204 g/mol. The van der Waals surface area contributed by atoms with Gasteiger partial charge in [-0.3, -0.25) is 0 Å². The van der Waals surface area contributed by atoms with E-state index in [1.807, 2.05) is 6.20 Å². The maximum atomic E-state index is 5.14. The molecule has 0 saturated heterocycles. The fourth-order valence-electron chi connectivity index (χ4n) is 1.77. The van der Waals surface area contributed by atoms with Crippen LogP contribution in [0.5, 0.6) is 0 Å². The average Bonchev–Trinajstić information content (AvgIpc) is 2.63. The van der Waals surface area contributed by atoms with E-state index in [-0.39, 0.29) is 5.41 Å². The summed E-state index contributed by atoms with van der Waals surface area (Å²) in [6.07, 6.45) is 1.95. The molecule has 1 heterocycles. The highest BCUT2D eigenvalue weighted by molar-refractivity contribution is 5.80. The molecule has 0 atom stereocenters. The Bertz CT molecular complexity index is 459. The fourth-order valence-corrected chi connectivity index (χ4v) is 1.77. The molecule has 3 nitrogen and oxygen atoms in total. The van der Waals surface area contributed by atoms with Crippen LogP contribution in [-0.4, -0.2) is 11.6 Å². The molecule has 15 heavy (non-hydrogen) atoms. The van der Waals surface area contributed by atoms with Gasteiger partial charge in [-0.05, 0) is 29.1 Å². The molecule has 0 fully saturated rings. The van der Waals surface area contributed by atoms with Crippen molar-refractivity contribution >= 4 is 10.9 Å². The molecule has 0 saturated carbocycles. The molecule has 3 N–H and O–H groups in total. The van der Waals surface area contributed by atoms with Crippen molar-refractivity contribution in [1.82, 2.24) is 4.98 Å². The minimum atomic E-state index is -0.0553. The lowest BCUT2D eigenvalue weighted by Crippen LogP contribution is -2.26. The van der Waals surface area contributed by atoms with Gasteiger partial charge in [0.05, 0.1) is 6.61 Å². The van der Waals surface area contributed by atoms with Crippen molar-refractivity contribution in [3.05, 3.63) is 36.0 Å². The van der Waals surface area contributed by atoms with Gasteiger partial charge in [-0.25, -0.2) is 5.90 Å².